The molecule has 1 rings (SSSR count). The standard InChI is InChI=1S/C10H11BrN2OS/c1-13(6-9(12)15)10(14)7-2-4-8(11)5-3-7/h2-5H,6H2,1H3,(H2,12,15). The van der Waals surface area contributed by atoms with Gasteiger partial charge in [0.2, 0.25) is 0 Å². The van der Waals surface area contributed by atoms with Crippen LogP contribution in [0.2, 0.25) is 0 Å². The maximum atomic E-state index is 11.8. The van der Waals surface area contributed by atoms with Crippen molar-refractivity contribution in [3.63, 3.8) is 0 Å². The zero-order chi connectivity index (χ0) is 11.4. The molecule has 5 heteroatoms. The molecule has 0 spiro atoms. The van der Waals surface area contributed by atoms with Gasteiger partial charge in [-0.25, -0.2) is 0 Å². The number of carbonyl (C=O) groups is 1. The van der Waals surface area contributed by atoms with E-state index in [4.69, 9.17) is 18.0 Å². The first-order valence-corrected chi connectivity index (χ1v) is 5.50. The molecule has 0 saturated heterocycles. The van der Waals surface area contributed by atoms with Crippen molar-refractivity contribution in [1.29, 1.82) is 0 Å². The van der Waals surface area contributed by atoms with E-state index in [2.05, 4.69) is 15.9 Å². The Hall–Kier alpha value is -0.940. The number of benzene rings is 1. The van der Waals surface area contributed by atoms with Gasteiger partial charge in [0.25, 0.3) is 5.91 Å². The van der Waals surface area contributed by atoms with Crippen LogP contribution in [0, 0.1) is 0 Å². The Kier molecular flexibility index (Phi) is 4.23. The Labute approximate surface area is 102 Å². The van der Waals surface area contributed by atoms with Gasteiger partial charge in [0.1, 0.15) is 0 Å². The number of thiocarbonyl (C=S) groups is 1. The molecule has 2 N–H and O–H groups in total. The van der Waals surface area contributed by atoms with Crippen molar-refractivity contribution >= 4 is 39.0 Å². The first kappa shape index (κ1) is 12.1. The molecule has 80 valence electrons. The largest absolute Gasteiger partial charge is 0.392 e. The smallest absolute Gasteiger partial charge is 0.253 e. The lowest BCUT2D eigenvalue weighted by Crippen LogP contribution is -2.34. The quantitative estimate of drug-likeness (QED) is 0.862. The minimum Gasteiger partial charge on any atom is -0.392 e. The average Bonchev–Trinajstić information content (AvgIpc) is 2.17. The number of likely N-dealkylation sites (N-methyl/N-ethyl adjacent to an activating group) is 1. The minimum absolute atomic E-state index is 0.0877. The molecule has 3 nitrogen and oxygen atoms in total. The second-order valence-corrected chi connectivity index (χ2v) is 4.57. The molecule has 15 heavy (non-hydrogen) atoms. The normalized spacial score (nSPS) is 9.73. The Morgan fingerprint density at radius 2 is 2.00 bits per heavy atom. The van der Waals surface area contributed by atoms with Crippen LogP contribution in [0.1, 0.15) is 10.4 Å². The van der Waals surface area contributed by atoms with E-state index in [1.54, 1.807) is 19.2 Å². The van der Waals surface area contributed by atoms with Gasteiger partial charge in [-0.2, -0.15) is 0 Å². The molecule has 1 aromatic carbocycles. The van der Waals surface area contributed by atoms with Crippen LogP contribution < -0.4 is 5.73 Å². The molecule has 0 unspecified atom stereocenters. The van der Waals surface area contributed by atoms with Crippen molar-refractivity contribution in [3.8, 4) is 0 Å². The molecular formula is C10H11BrN2OS. The Balaban J connectivity index is 2.76. The van der Waals surface area contributed by atoms with E-state index in [9.17, 15) is 4.79 Å². The molecule has 0 aliphatic rings. The number of amides is 1. The number of carbonyl (C=O) groups excluding carboxylic acids is 1. The summed E-state index contributed by atoms with van der Waals surface area (Å²) < 4.78 is 0.941. The van der Waals surface area contributed by atoms with Crippen molar-refractivity contribution in [1.82, 2.24) is 4.90 Å². The number of rotatable bonds is 3. The van der Waals surface area contributed by atoms with Gasteiger partial charge in [-0.3, -0.25) is 4.79 Å². The van der Waals surface area contributed by atoms with Crippen LogP contribution in [0.4, 0.5) is 0 Å². The van der Waals surface area contributed by atoms with Crippen LogP contribution >= 0.6 is 28.1 Å². The second kappa shape index (κ2) is 5.23. The third-order valence-corrected chi connectivity index (χ3v) is 2.49. The monoisotopic (exact) mass is 286 g/mol. The molecule has 1 aromatic rings. The van der Waals surface area contributed by atoms with E-state index >= 15 is 0 Å². The number of hydrogen-bond donors (Lipinski definition) is 1. The zero-order valence-corrected chi connectivity index (χ0v) is 10.6. The van der Waals surface area contributed by atoms with E-state index in [1.165, 1.54) is 4.90 Å². The predicted molar refractivity (Wildman–Crippen MR) is 67.9 cm³/mol. The summed E-state index contributed by atoms with van der Waals surface area (Å²) in [6.07, 6.45) is 0. The van der Waals surface area contributed by atoms with Crippen LogP contribution in [0.15, 0.2) is 28.7 Å². The van der Waals surface area contributed by atoms with Gasteiger partial charge in [-0.1, -0.05) is 28.1 Å². The highest BCUT2D eigenvalue weighted by Gasteiger charge is 2.11. The number of halogens is 1. The van der Waals surface area contributed by atoms with Gasteiger partial charge >= 0.3 is 0 Å². The predicted octanol–water partition coefficient (Wildman–Crippen LogP) is 1.81. The molecular weight excluding hydrogens is 276 g/mol. The first-order valence-electron chi connectivity index (χ1n) is 4.30. The summed E-state index contributed by atoms with van der Waals surface area (Å²) >= 11 is 8.04. The molecule has 0 saturated carbocycles. The molecule has 0 aromatic heterocycles. The molecule has 0 radical (unpaired) electrons. The van der Waals surface area contributed by atoms with Crippen LogP contribution in [0.5, 0.6) is 0 Å². The van der Waals surface area contributed by atoms with Gasteiger partial charge in [0, 0.05) is 17.1 Å². The van der Waals surface area contributed by atoms with Gasteiger partial charge in [-0.05, 0) is 24.3 Å². The van der Waals surface area contributed by atoms with Gasteiger partial charge in [0.05, 0.1) is 11.5 Å². The number of nitrogens with two attached hydrogens (primary N) is 1. The SMILES string of the molecule is CN(CC(N)=S)C(=O)c1ccc(Br)cc1. The van der Waals surface area contributed by atoms with E-state index in [-0.39, 0.29) is 5.91 Å². The molecule has 0 atom stereocenters. The molecule has 0 bridgehead atoms. The number of nitrogens with zero attached hydrogens (tertiary/aromatic N) is 1. The molecule has 0 fully saturated rings. The lowest BCUT2D eigenvalue weighted by Gasteiger charge is -2.16. The first-order chi connectivity index (χ1) is 7.00. The van der Waals surface area contributed by atoms with Crippen LogP contribution in [-0.2, 0) is 0 Å². The Morgan fingerprint density at radius 3 is 2.47 bits per heavy atom. The zero-order valence-electron chi connectivity index (χ0n) is 8.24. The summed E-state index contributed by atoms with van der Waals surface area (Å²) in [4.78, 5) is 13.6. The molecule has 1 amide bonds. The van der Waals surface area contributed by atoms with E-state index in [0.29, 0.717) is 17.1 Å². The van der Waals surface area contributed by atoms with Crippen molar-refractivity contribution in [3.05, 3.63) is 34.3 Å². The summed E-state index contributed by atoms with van der Waals surface area (Å²) in [7, 11) is 1.67. The highest BCUT2D eigenvalue weighted by Crippen LogP contribution is 2.11. The second-order valence-electron chi connectivity index (χ2n) is 3.13. The fraction of sp³-hybridized carbons (Fsp3) is 0.200. The summed E-state index contributed by atoms with van der Waals surface area (Å²) in [5.74, 6) is -0.0877. The van der Waals surface area contributed by atoms with Crippen molar-refractivity contribution in [2.45, 2.75) is 0 Å². The highest BCUT2D eigenvalue weighted by atomic mass is 79.9. The number of hydrogen-bond acceptors (Lipinski definition) is 2. The molecule has 0 heterocycles. The summed E-state index contributed by atoms with van der Waals surface area (Å²) in [6.45, 7) is 0.296. The van der Waals surface area contributed by atoms with E-state index in [0.717, 1.165) is 4.47 Å². The van der Waals surface area contributed by atoms with Crippen molar-refractivity contribution in [2.24, 2.45) is 5.73 Å². The lowest BCUT2D eigenvalue weighted by molar-refractivity contribution is 0.0815. The molecule has 0 aliphatic carbocycles. The van der Waals surface area contributed by atoms with Crippen LogP contribution in [-0.4, -0.2) is 29.4 Å². The minimum atomic E-state index is -0.0877. The van der Waals surface area contributed by atoms with Crippen molar-refractivity contribution in [2.75, 3.05) is 13.6 Å². The lowest BCUT2D eigenvalue weighted by atomic mass is 10.2. The average molecular weight is 287 g/mol. The fourth-order valence-electron chi connectivity index (χ4n) is 1.12. The topological polar surface area (TPSA) is 46.3 Å². The van der Waals surface area contributed by atoms with Gasteiger partial charge in [-0.15, -0.1) is 0 Å². The summed E-state index contributed by atoms with van der Waals surface area (Å²) in [5, 5.41) is 0. The third kappa shape index (κ3) is 3.60. The third-order valence-electron chi connectivity index (χ3n) is 1.83. The van der Waals surface area contributed by atoms with E-state index in [1.807, 2.05) is 12.1 Å². The van der Waals surface area contributed by atoms with Gasteiger partial charge < -0.3 is 10.6 Å². The van der Waals surface area contributed by atoms with Crippen molar-refractivity contribution < 1.29 is 4.79 Å². The summed E-state index contributed by atoms with van der Waals surface area (Å²) in [5.41, 5.74) is 5.99. The molecule has 0 aliphatic heterocycles. The maximum Gasteiger partial charge on any atom is 0.253 e. The van der Waals surface area contributed by atoms with E-state index < -0.39 is 0 Å². The maximum absolute atomic E-state index is 11.8. The summed E-state index contributed by atoms with van der Waals surface area (Å²) in [6, 6.07) is 7.15. The van der Waals surface area contributed by atoms with Crippen LogP contribution in [0.25, 0.3) is 0 Å². The highest BCUT2D eigenvalue weighted by molar-refractivity contribution is 9.10. The Morgan fingerprint density at radius 1 is 1.47 bits per heavy atom. The Bertz CT molecular complexity index is 378. The van der Waals surface area contributed by atoms with Gasteiger partial charge in [0.15, 0.2) is 0 Å². The van der Waals surface area contributed by atoms with Crippen LogP contribution in [0.3, 0.4) is 0 Å². The fourth-order valence-corrected chi connectivity index (χ4v) is 1.58.